The second-order valence-electron chi connectivity index (χ2n) is 8.51. The number of alkyl halides is 2. The van der Waals surface area contributed by atoms with Gasteiger partial charge in [0.2, 0.25) is 0 Å². The van der Waals surface area contributed by atoms with E-state index < -0.39 is 40.7 Å². The highest BCUT2D eigenvalue weighted by Crippen LogP contribution is 2.38. The Kier molecular flexibility index (Phi) is 7.11. The second kappa shape index (κ2) is 10.1. The average molecular weight is 500 g/mol. The summed E-state index contributed by atoms with van der Waals surface area (Å²) in [7, 11) is 0. The molecule has 1 nitrogen and oxygen atoms in total. The molecule has 0 aromatic heterocycles. The van der Waals surface area contributed by atoms with E-state index >= 15 is 0 Å². The Balaban J connectivity index is 1.62. The summed E-state index contributed by atoms with van der Waals surface area (Å²) in [6.45, 7) is 4.20. The molecular formula is C29H22F6O. The van der Waals surface area contributed by atoms with Crippen molar-refractivity contribution in [2.75, 3.05) is 0 Å². The maximum absolute atomic E-state index is 15.0. The van der Waals surface area contributed by atoms with Gasteiger partial charge in [-0.3, -0.25) is 0 Å². The van der Waals surface area contributed by atoms with E-state index in [0.717, 1.165) is 41.8 Å². The lowest BCUT2D eigenvalue weighted by Gasteiger charge is -2.20. The van der Waals surface area contributed by atoms with Crippen LogP contribution in [-0.4, -0.2) is 0 Å². The maximum atomic E-state index is 15.0. The first-order valence-electron chi connectivity index (χ1n) is 11.3. The van der Waals surface area contributed by atoms with Crippen molar-refractivity contribution < 1.29 is 31.1 Å². The van der Waals surface area contributed by atoms with Gasteiger partial charge in [-0.15, -0.1) is 0 Å². The number of hydrogen-bond donors (Lipinski definition) is 0. The first-order chi connectivity index (χ1) is 17.1. The molecular weight excluding hydrogens is 478 g/mol. The van der Waals surface area contributed by atoms with Crippen molar-refractivity contribution in [3.8, 4) is 28.0 Å². The van der Waals surface area contributed by atoms with Crippen LogP contribution in [-0.2, 0) is 6.11 Å². The van der Waals surface area contributed by atoms with Gasteiger partial charge in [-0.05, 0) is 77.1 Å². The molecule has 0 N–H and O–H groups in total. The third-order valence-corrected chi connectivity index (χ3v) is 6.10. The monoisotopic (exact) mass is 500 g/mol. The van der Waals surface area contributed by atoms with E-state index in [2.05, 4.69) is 18.6 Å². The molecule has 0 aliphatic rings. The average Bonchev–Trinajstić information content (AvgIpc) is 2.84. The zero-order valence-electron chi connectivity index (χ0n) is 19.5. The zero-order chi connectivity index (χ0) is 26.0. The van der Waals surface area contributed by atoms with Gasteiger partial charge in [-0.1, -0.05) is 50.2 Å². The van der Waals surface area contributed by atoms with Gasteiger partial charge in [0.25, 0.3) is 0 Å². The summed E-state index contributed by atoms with van der Waals surface area (Å²) in [4.78, 5) is 0. The summed E-state index contributed by atoms with van der Waals surface area (Å²) in [5.41, 5.74) is 0.449. The molecule has 4 rings (SSSR count). The number of ether oxygens (including phenoxy) is 1. The van der Waals surface area contributed by atoms with Crippen molar-refractivity contribution in [1.82, 2.24) is 0 Å². The molecule has 36 heavy (non-hydrogen) atoms. The number of rotatable bonds is 7. The van der Waals surface area contributed by atoms with E-state index in [4.69, 9.17) is 0 Å². The first kappa shape index (κ1) is 25.4. The Morgan fingerprint density at radius 1 is 0.694 bits per heavy atom. The van der Waals surface area contributed by atoms with E-state index in [1.165, 1.54) is 12.1 Å². The molecule has 0 aliphatic heterocycles. The van der Waals surface area contributed by atoms with E-state index in [1.807, 2.05) is 24.3 Å². The fourth-order valence-electron chi connectivity index (χ4n) is 3.88. The van der Waals surface area contributed by atoms with Crippen LogP contribution in [0.15, 0.2) is 78.9 Å². The van der Waals surface area contributed by atoms with Crippen molar-refractivity contribution in [1.29, 1.82) is 0 Å². The number of halogens is 6. The van der Waals surface area contributed by atoms with Gasteiger partial charge in [-0.25, -0.2) is 17.6 Å². The molecule has 186 valence electrons. The van der Waals surface area contributed by atoms with Crippen LogP contribution in [0.5, 0.6) is 5.75 Å². The molecule has 0 saturated heterocycles. The van der Waals surface area contributed by atoms with Gasteiger partial charge in [0.05, 0.1) is 0 Å². The highest BCUT2D eigenvalue weighted by molar-refractivity contribution is 5.71. The van der Waals surface area contributed by atoms with Crippen LogP contribution in [0.25, 0.3) is 22.3 Å². The molecule has 1 unspecified atom stereocenters. The van der Waals surface area contributed by atoms with Crippen LogP contribution in [0.3, 0.4) is 0 Å². The predicted octanol–water partition coefficient (Wildman–Crippen LogP) is 9.22. The topological polar surface area (TPSA) is 9.23 Å². The van der Waals surface area contributed by atoms with E-state index in [0.29, 0.717) is 23.6 Å². The van der Waals surface area contributed by atoms with Crippen molar-refractivity contribution in [3.63, 3.8) is 0 Å². The molecule has 0 heterocycles. The van der Waals surface area contributed by atoms with E-state index in [1.54, 1.807) is 6.07 Å². The number of benzene rings is 4. The van der Waals surface area contributed by atoms with E-state index in [-0.39, 0.29) is 11.1 Å². The van der Waals surface area contributed by atoms with Crippen molar-refractivity contribution in [2.45, 2.75) is 32.3 Å². The van der Waals surface area contributed by atoms with Gasteiger partial charge in [0.15, 0.2) is 0 Å². The van der Waals surface area contributed by atoms with Crippen molar-refractivity contribution in [2.24, 2.45) is 0 Å². The Hall–Kier alpha value is -3.74. The third kappa shape index (κ3) is 5.25. The normalized spacial score (nSPS) is 12.4. The van der Waals surface area contributed by atoms with Crippen molar-refractivity contribution in [3.05, 3.63) is 113 Å². The first-order valence-corrected chi connectivity index (χ1v) is 11.3. The third-order valence-electron chi connectivity index (χ3n) is 6.10. The maximum Gasteiger partial charge on any atom is 0.432 e. The van der Waals surface area contributed by atoms with Gasteiger partial charge >= 0.3 is 6.11 Å². The molecule has 4 aromatic carbocycles. The summed E-state index contributed by atoms with van der Waals surface area (Å²) in [6, 6.07) is 16.6. The van der Waals surface area contributed by atoms with Crippen molar-refractivity contribution >= 4 is 0 Å². The molecule has 0 amide bonds. The molecule has 0 radical (unpaired) electrons. The largest absolute Gasteiger partial charge is 0.432 e. The van der Waals surface area contributed by atoms with E-state index in [9.17, 15) is 26.3 Å². The van der Waals surface area contributed by atoms with Gasteiger partial charge in [0, 0.05) is 5.56 Å². The lowest BCUT2D eigenvalue weighted by molar-refractivity contribution is -0.189. The molecule has 4 aromatic rings. The van der Waals surface area contributed by atoms with Crippen LogP contribution in [0.2, 0.25) is 0 Å². The minimum absolute atomic E-state index is 0.151. The molecule has 0 fully saturated rings. The summed E-state index contributed by atoms with van der Waals surface area (Å²) in [6.07, 6.45) is -3.41. The fraction of sp³-hybridized carbons (Fsp3) is 0.172. The standard InChI is InChI=1S/C29H22F6O/c1-3-17(2)18-4-6-19(7-5-18)20-8-13-24(25(31)14-20)21-15-26(32)28(27(33)16-21)29(34,35)36-23-11-9-22(30)10-12-23/h4-17H,3H2,1-2H3. The Labute approximate surface area is 205 Å². The lowest BCUT2D eigenvalue weighted by Crippen LogP contribution is -2.25. The highest BCUT2D eigenvalue weighted by Gasteiger charge is 2.41. The minimum Gasteiger partial charge on any atom is -0.429 e. The summed E-state index contributed by atoms with van der Waals surface area (Å²) in [5, 5.41) is 0. The second-order valence-corrected chi connectivity index (χ2v) is 8.51. The van der Waals surface area contributed by atoms with Crippen LogP contribution in [0, 0.1) is 23.3 Å². The van der Waals surface area contributed by atoms with Crippen LogP contribution < -0.4 is 4.74 Å². The molecule has 0 bridgehead atoms. The smallest absolute Gasteiger partial charge is 0.429 e. The Morgan fingerprint density at radius 3 is 1.81 bits per heavy atom. The zero-order valence-corrected chi connectivity index (χ0v) is 19.5. The van der Waals surface area contributed by atoms with Crippen LogP contribution in [0.1, 0.15) is 37.3 Å². The summed E-state index contributed by atoms with van der Waals surface area (Å²) < 4.78 is 90.8. The Morgan fingerprint density at radius 2 is 1.25 bits per heavy atom. The van der Waals surface area contributed by atoms with Crippen LogP contribution in [0.4, 0.5) is 26.3 Å². The molecule has 0 aliphatic carbocycles. The minimum atomic E-state index is -4.39. The lowest BCUT2D eigenvalue weighted by atomic mass is 9.94. The van der Waals surface area contributed by atoms with Gasteiger partial charge in [0.1, 0.15) is 34.6 Å². The molecule has 0 saturated carbocycles. The highest BCUT2D eigenvalue weighted by atomic mass is 19.3. The quantitative estimate of drug-likeness (QED) is 0.230. The fourth-order valence-corrected chi connectivity index (χ4v) is 3.88. The SMILES string of the molecule is CCC(C)c1ccc(-c2ccc(-c3cc(F)c(C(F)(F)Oc4ccc(F)cc4)c(F)c3)c(F)c2)cc1. The predicted molar refractivity (Wildman–Crippen MR) is 127 cm³/mol. The Bertz CT molecular complexity index is 1340. The molecule has 1 atom stereocenters. The number of hydrogen-bond acceptors (Lipinski definition) is 1. The molecule has 0 spiro atoms. The summed E-state index contributed by atoms with van der Waals surface area (Å²) in [5.74, 6) is -4.77. The summed E-state index contributed by atoms with van der Waals surface area (Å²) >= 11 is 0. The van der Waals surface area contributed by atoms with Gasteiger partial charge in [-0.2, -0.15) is 8.78 Å². The molecule has 7 heteroatoms. The van der Waals surface area contributed by atoms with Gasteiger partial charge < -0.3 is 4.74 Å². The van der Waals surface area contributed by atoms with Crippen LogP contribution >= 0.6 is 0 Å².